The third-order valence-corrected chi connectivity index (χ3v) is 10.7. The Morgan fingerprint density at radius 3 is 2.31 bits per heavy atom. The molecule has 45 heavy (non-hydrogen) atoms. The lowest BCUT2D eigenvalue weighted by Gasteiger charge is -2.35. The van der Waals surface area contributed by atoms with Crippen LogP contribution < -0.4 is 4.90 Å². The minimum Gasteiger partial charge on any atom is -0.333 e. The van der Waals surface area contributed by atoms with E-state index in [1.165, 1.54) is 77.5 Å². The molecule has 214 valence electrons. The molecule has 0 saturated heterocycles. The summed E-state index contributed by atoms with van der Waals surface area (Å²) in [6.45, 7) is 4.76. The fourth-order valence-corrected chi connectivity index (χ4v) is 8.70. The number of benzene rings is 6. The van der Waals surface area contributed by atoms with Crippen LogP contribution in [0.25, 0.3) is 49.4 Å². The Morgan fingerprint density at radius 2 is 1.40 bits per heavy atom. The third-order valence-electron chi connectivity index (χ3n) is 10.7. The first-order valence-electron chi connectivity index (χ1n) is 16.0. The zero-order chi connectivity index (χ0) is 29.9. The number of fused-ring (bicyclic) bond motifs is 9. The molecule has 2 atom stereocenters. The minimum atomic E-state index is -0.0886. The summed E-state index contributed by atoms with van der Waals surface area (Å²) in [6.07, 6.45) is 9.12. The van der Waals surface area contributed by atoms with Gasteiger partial charge in [0.1, 0.15) is 0 Å². The Bertz CT molecular complexity index is 2420. The van der Waals surface area contributed by atoms with Crippen LogP contribution in [0.3, 0.4) is 0 Å². The molecule has 0 bridgehead atoms. The first-order valence-corrected chi connectivity index (χ1v) is 16.0. The van der Waals surface area contributed by atoms with Crippen LogP contribution in [0.5, 0.6) is 0 Å². The zero-order valence-corrected chi connectivity index (χ0v) is 25.4. The normalized spacial score (nSPS) is 18.8. The SMILES string of the molecule is CC1(C)c2ccccc2-c2c3c1cccc3cc1c3ccccc3n(-c3ccc4c(c3)N(c3ccccc3)C3C=CC=CC43)c21. The van der Waals surface area contributed by atoms with Crippen LogP contribution in [-0.4, -0.2) is 10.6 Å². The summed E-state index contributed by atoms with van der Waals surface area (Å²) in [4.78, 5) is 2.53. The van der Waals surface area contributed by atoms with Gasteiger partial charge in [0.05, 0.1) is 17.1 Å². The Hall–Kier alpha value is -5.34. The fraction of sp³-hybridized carbons (Fsp3) is 0.116. The Labute approximate surface area is 263 Å². The van der Waals surface area contributed by atoms with Crippen molar-refractivity contribution in [3.8, 4) is 16.8 Å². The summed E-state index contributed by atoms with van der Waals surface area (Å²) in [5.41, 5.74) is 13.0. The van der Waals surface area contributed by atoms with E-state index in [-0.39, 0.29) is 11.5 Å². The molecule has 0 radical (unpaired) electrons. The summed E-state index contributed by atoms with van der Waals surface area (Å²) in [5.74, 6) is 0.333. The Balaban J connectivity index is 1.34. The van der Waals surface area contributed by atoms with E-state index in [9.17, 15) is 0 Å². The van der Waals surface area contributed by atoms with Gasteiger partial charge in [-0.25, -0.2) is 0 Å². The number of nitrogens with zero attached hydrogens (tertiary/aromatic N) is 2. The van der Waals surface area contributed by atoms with Gasteiger partial charge in [-0.1, -0.05) is 123 Å². The number of aromatic nitrogens is 1. The summed E-state index contributed by atoms with van der Waals surface area (Å²) in [7, 11) is 0. The molecule has 0 spiro atoms. The number of hydrogen-bond acceptors (Lipinski definition) is 1. The number of anilines is 2. The molecule has 0 saturated carbocycles. The third kappa shape index (κ3) is 3.24. The van der Waals surface area contributed by atoms with Crippen LogP contribution in [0, 0.1) is 0 Å². The average molecular weight is 577 g/mol. The lowest BCUT2D eigenvalue weighted by atomic mass is 9.68. The predicted octanol–water partition coefficient (Wildman–Crippen LogP) is 11.0. The second-order valence-corrected chi connectivity index (χ2v) is 13.3. The Kier molecular flexibility index (Phi) is 4.93. The second-order valence-electron chi connectivity index (χ2n) is 13.3. The van der Waals surface area contributed by atoms with E-state index in [0.717, 1.165) is 0 Å². The molecule has 1 aliphatic heterocycles. The van der Waals surface area contributed by atoms with Gasteiger partial charge in [-0.15, -0.1) is 0 Å². The van der Waals surface area contributed by atoms with Crippen molar-refractivity contribution in [3.63, 3.8) is 0 Å². The van der Waals surface area contributed by atoms with E-state index in [4.69, 9.17) is 0 Å². The molecule has 2 unspecified atom stereocenters. The van der Waals surface area contributed by atoms with Gasteiger partial charge in [-0.05, 0) is 69.4 Å². The van der Waals surface area contributed by atoms with E-state index >= 15 is 0 Å². The molecule has 2 aliphatic carbocycles. The number of hydrogen-bond donors (Lipinski definition) is 0. The standard InChI is InChI=1S/C43H32N2/c1-43(2)35-19-9-6-18-33(35)41-40-27(13-12-20-36(40)43)25-34-31-17-8-11-22-38(31)45(42(34)41)29-23-24-32-30-16-7-10-21-37(30)44(39(32)26-29)28-14-4-3-5-15-28/h3-26,30,37H,1-2H3. The fourth-order valence-electron chi connectivity index (χ4n) is 8.70. The molecule has 0 fully saturated rings. The van der Waals surface area contributed by atoms with Gasteiger partial charge in [-0.2, -0.15) is 0 Å². The van der Waals surface area contributed by atoms with Crippen LogP contribution in [-0.2, 0) is 5.41 Å². The molecule has 2 nitrogen and oxygen atoms in total. The summed E-state index contributed by atoms with van der Waals surface area (Å²) >= 11 is 0. The van der Waals surface area contributed by atoms with Crippen molar-refractivity contribution in [2.45, 2.75) is 31.2 Å². The second kappa shape index (κ2) is 8.86. The van der Waals surface area contributed by atoms with Gasteiger partial charge in [0, 0.05) is 44.7 Å². The first-order chi connectivity index (χ1) is 22.1. The zero-order valence-electron chi connectivity index (χ0n) is 25.4. The first kappa shape index (κ1) is 25.0. The maximum Gasteiger partial charge on any atom is 0.0629 e. The van der Waals surface area contributed by atoms with Gasteiger partial charge < -0.3 is 9.47 Å². The number of para-hydroxylation sites is 2. The van der Waals surface area contributed by atoms with Crippen molar-refractivity contribution in [2.75, 3.05) is 4.90 Å². The quantitative estimate of drug-likeness (QED) is 0.199. The molecular formula is C43H32N2. The minimum absolute atomic E-state index is 0.0886. The smallest absolute Gasteiger partial charge is 0.0629 e. The highest BCUT2D eigenvalue weighted by molar-refractivity contribution is 6.23. The van der Waals surface area contributed by atoms with Gasteiger partial charge in [0.25, 0.3) is 0 Å². The maximum absolute atomic E-state index is 2.54. The lowest BCUT2D eigenvalue weighted by Crippen LogP contribution is -2.28. The van der Waals surface area contributed by atoms with E-state index in [2.05, 4.69) is 169 Å². The van der Waals surface area contributed by atoms with Crippen LogP contribution in [0.1, 0.15) is 36.5 Å². The number of rotatable bonds is 2. The van der Waals surface area contributed by atoms with Crippen molar-refractivity contribution in [1.29, 1.82) is 0 Å². The van der Waals surface area contributed by atoms with Gasteiger partial charge in [-0.3, -0.25) is 0 Å². The molecule has 3 aliphatic rings. The lowest BCUT2D eigenvalue weighted by molar-refractivity contribution is 0.645. The van der Waals surface area contributed by atoms with Crippen molar-refractivity contribution in [2.24, 2.45) is 0 Å². The molecule has 7 aromatic rings. The Morgan fingerprint density at radius 1 is 0.622 bits per heavy atom. The van der Waals surface area contributed by atoms with Crippen LogP contribution in [0.2, 0.25) is 0 Å². The van der Waals surface area contributed by atoms with Crippen molar-refractivity contribution >= 4 is 44.0 Å². The molecule has 2 heterocycles. The van der Waals surface area contributed by atoms with Crippen molar-refractivity contribution < 1.29 is 0 Å². The van der Waals surface area contributed by atoms with E-state index in [0.29, 0.717) is 5.92 Å². The summed E-state index contributed by atoms with van der Waals surface area (Å²) < 4.78 is 2.54. The maximum atomic E-state index is 2.54. The molecule has 0 N–H and O–H groups in total. The van der Waals surface area contributed by atoms with Crippen LogP contribution in [0.4, 0.5) is 11.4 Å². The van der Waals surface area contributed by atoms with Crippen molar-refractivity contribution in [1.82, 2.24) is 4.57 Å². The highest BCUT2D eigenvalue weighted by Gasteiger charge is 2.38. The molecule has 1 aromatic heterocycles. The van der Waals surface area contributed by atoms with Gasteiger partial charge >= 0.3 is 0 Å². The largest absolute Gasteiger partial charge is 0.333 e. The molecule has 2 heteroatoms. The van der Waals surface area contributed by atoms with Gasteiger partial charge in [0.2, 0.25) is 0 Å². The van der Waals surface area contributed by atoms with E-state index < -0.39 is 0 Å². The van der Waals surface area contributed by atoms with E-state index in [1.807, 2.05) is 0 Å². The predicted molar refractivity (Wildman–Crippen MR) is 189 cm³/mol. The van der Waals surface area contributed by atoms with Crippen LogP contribution in [0.15, 0.2) is 146 Å². The summed E-state index contributed by atoms with van der Waals surface area (Å²) in [5, 5.41) is 5.29. The highest BCUT2D eigenvalue weighted by Crippen LogP contribution is 2.53. The summed E-state index contributed by atoms with van der Waals surface area (Å²) in [6, 6.07) is 45.6. The molecule has 0 amide bonds. The van der Waals surface area contributed by atoms with Crippen LogP contribution >= 0.6 is 0 Å². The molecular weight excluding hydrogens is 544 g/mol. The van der Waals surface area contributed by atoms with E-state index in [1.54, 1.807) is 0 Å². The highest BCUT2D eigenvalue weighted by atomic mass is 15.2. The molecule has 10 rings (SSSR count). The molecule has 6 aromatic carbocycles. The number of allylic oxidation sites excluding steroid dienone is 2. The average Bonchev–Trinajstić information content (AvgIpc) is 3.59. The van der Waals surface area contributed by atoms with Crippen molar-refractivity contribution in [3.05, 3.63) is 162 Å². The topological polar surface area (TPSA) is 8.17 Å². The monoisotopic (exact) mass is 576 g/mol. The van der Waals surface area contributed by atoms with Gasteiger partial charge in [0.15, 0.2) is 0 Å².